The van der Waals surface area contributed by atoms with E-state index in [2.05, 4.69) is 5.32 Å². The number of ether oxygens (including phenoxy) is 1. The van der Waals surface area contributed by atoms with Gasteiger partial charge in [-0.3, -0.25) is 9.59 Å². The average Bonchev–Trinajstić information content (AvgIpc) is 2.93. The Balaban J connectivity index is 1.63. The molecule has 0 aliphatic heterocycles. The van der Waals surface area contributed by atoms with Gasteiger partial charge in [-0.1, -0.05) is 103 Å². The second-order valence-electron chi connectivity index (χ2n) is 8.55. The summed E-state index contributed by atoms with van der Waals surface area (Å²) in [6, 6.07) is 35.6. The van der Waals surface area contributed by atoms with E-state index in [1.165, 1.54) is 0 Å². The van der Waals surface area contributed by atoms with Gasteiger partial charge in [-0.25, -0.2) is 0 Å². The van der Waals surface area contributed by atoms with Gasteiger partial charge in [-0.05, 0) is 34.4 Å². The van der Waals surface area contributed by atoms with Crippen LogP contribution in [0.25, 0.3) is 0 Å². The summed E-state index contributed by atoms with van der Waals surface area (Å²) in [5.41, 5.74) is 3.58. The third-order valence-corrected chi connectivity index (χ3v) is 6.02. The minimum Gasteiger partial charge on any atom is -0.497 e. The van der Waals surface area contributed by atoms with Crippen molar-refractivity contribution in [1.82, 2.24) is 10.2 Å². The molecule has 2 amide bonds. The molecule has 5 nitrogen and oxygen atoms in total. The van der Waals surface area contributed by atoms with Crippen molar-refractivity contribution < 1.29 is 14.3 Å². The fourth-order valence-corrected chi connectivity index (χ4v) is 4.11. The molecular formula is C31H30N2O3. The van der Waals surface area contributed by atoms with E-state index in [-0.39, 0.29) is 18.2 Å². The lowest BCUT2D eigenvalue weighted by Gasteiger charge is -2.32. The van der Waals surface area contributed by atoms with Gasteiger partial charge in [-0.15, -0.1) is 0 Å². The largest absolute Gasteiger partial charge is 0.497 e. The first-order valence-electron chi connectivity index (χ1n) is 12.0. The van der Waals surface area contributed by atoms with Gasteiger partial charge in [-0.2, -0.15) is 0 Å². The van der Waals surface area contributed by atoms with Gasteiger partial charge in [0.1, 0.15) is 11.8 Å². The number of amides is 2. The molecule has 0 aromatic heterocycles. The van der Waals surface area contributed by atoms with E-state index in [4.69, 9.17) is 4.74 Å². The topological polar surface area (TPSA) is 58.6 Å². The highest BCUT2D eigenvalue weighted by Crippen LogP contribution is 2.25. The number of benzene rings is 4. The lowest BCUT2D eigenvalue weighted by Crippen LogP contribution is -2.43. The van der Waals surface area contributed by atoms with Gasteiger partial charge < -0.3 is 15.0 Å². The number of carbonyl (C=O) groups excluding carboxylic acids is 2. The zero-order chi connectivity index (χ0) is 25.2. The van der Waals surface area contributed by atoms with E-state index in [0.29, 0.717) is 13.1 Å². The summed E-state index contributed by atoms with van der Waals surface area (Å²) in [7, 11) is 1.62. The van der Waals surface area contributed by atoms with Crippen LogP contribution < -0.4 is 10.1 Å². The van der Waals surface area contributed by atoms with Crippen molar-refractivity contribution in [2.24, 2.45) is 0 Å². The van der Waals surface area contributed by atoms with E-state index in [9.17, 15) is 9.59 Å². The van der Waals surface area contributed by atoms with E-state index in [1.54, 1.807) is 12.0 Å². The highest BCUT2D eigenvalue weighted by molar-refractivity contribution is 5.89. The molecule has 0 radical (unpaired) electrons. The summed E-state index contributed by atoms with van der Waals surface area (Å²) in [6.45, 7) is 0.667. The second kappa shape index (κ2) is 12.4. The lowest BCUT2D eigenvalue weighted by atomic mass is 10.0. The lowest BCUT2D eigenvalue weighted by molar-refractivity contribution is -0.141. The van der Waals surface area contributed by atoms with E-state index in [1.807, 2.05) is 115 Å². The fraction of sp³-hybridized carbons (Fsp3) is 0.161. The molecule has 4 aromatic rings. The zero-order valence-electron chi connectivity index (χ0n) is 20.3. The van der Waals surface area contributed by atoms with E-state index >= 15 is 0 Å². The van der Waals surface area contributed by atoms with Crippen LogP contribution in [0.2, 0.25) is 0 Å². The molecule has 1 atom stereocenters. The maximum Gasteiger partial charge on any atom is 0.247 e. The van der Waals surface area contributed by atoms with Crippen LogP contribution >= 0.6 is 0 Å². The quantitative estimate of drug-likeness (QED) is 0.335. The molecule has 0 aliphatic carbocycles. The van der Waals surface area contributed by atoms with Crippen LogP contribution in [-0.2, 0) is 29.1 Å². The Hall–Kier alpha value is -4.38. The maximum atomic E-state index is 13.7. The zero-order valence-corrected chi connectivity index (χ0v) is 20.3. The summed E-state index contributed by atoms with van der Waals surface area (Å²) in [4.78, 5) is 29.1. The summed E-state index contributed by atoms with van der Waals surface area (Å²) in [5.74, 6) is 0.417. The Morgan fingerprint density at radius 2 is 1.28 bits per heavy atom. The SMILES string of the molecule is COc1ccc(CNC(=O)C(c2ccccc2)N(Cc2ccccc2)C(=O)Cc2ccccc2)cc1. The number of carbonyl (C=O) groups is 2. The predicted octanol–water partition coefficient (Wildman–Crippen LogP) is 5.32. The third kappa shape index (κ3) is 6.60. The van der Waals surface area contributed by atoms with Gasteiger partial charge in [0.15, 0.2) is 0 Å². The van der Waals surface area contributed by atoms with Crippen molar-refractivity contribution in [3.05, 3.63) is 138 Å². The number of nitrogens with zero attached hydrogens (tertiary/aromatic N) is 1. The summed E-state index contributed by atoms with van der Waals surface area (Å²) < 4.78 is 5.22. The maximum absolute atomic E-state index is 13.7. The molecule has 1 unspecified atom stereocenters. The average molecular weight is 479 g/mol. The molecule has 5 heteroatoms. The third-order valence-electron chi connectivity index (χ3n) is 6.02. The monoisotopic (exact) mass is 478 g/mol. The van der Waals surface area contributed by atoms with Crippen molar-refractivity contribution in [2.45, 2.75) is 25.6 Å². The first-order chi connectivity index (χ1) is 17.6. The number of methoxy groups -OCH3 is 1. The fourth-order valence-electron chi connectivity index (χ4n) is 4.11. The molecule has 0 fully saturated rings. The molecule has 0 saturated heterocycles. The normalized spacial score (nSPS) is 11.4. The van der Waals surface area contributed by atoms with Gasteiger partial charge >= 0.3 is 0 Å². The highest BCUT2D eigenvalue weighted by Gasteiger charge is 2.31. The summed E-state index contributed by atoms with van der Waals surface area (Å²) in [6.07, 6.45) is 0.211. The van der Waals surface area contributed by atoms with Crippen LogP contribution in [0.15, 0.2) is 115 Å². The van der Waals surface area contributed by atoms with Crippen LogP contribution in [0.4, 0.5) is 0 Å². The van der Waals surface area contributed by atoms with Crippen LogP contribution in [-0.4, -0.2) is 23.8 Å². The second-order valence-corrected chi connectivity index (χ2v) is 8.55. The number of hydrogen-bond acceptors (Lipinski definition) is 3. The molecule has 1 N–H and O–H groups in total. The molecular weight excluding hydrogens is 448 g/mol. The Kier molecular flexibility index (Phi) is 8.49. The van der Waals surface area contributed by atoms with Crippen molar-refractivity contribution >= 4 is 11.8 Å². The van der Waals surface area contributed by atoms with Crippen LogP contribution in [0.3, 0.4) is 0 Å². The van der Waals surface area contributed by atoms with E-state index < -0.39 is 6.04 Å². The number of nitrogens with one attached hydrogen (secondary N) is 1. The number of hydrogen-bond donors (Lipinski definition) is 1. The Morgan fingerprint density at radius 3 is 1.86 bits per heavy atom. The first kappa shape index (κ1) is 24.7. The van der Waals surface area contributed by atoms with Crippen molar-refractivity contribution in [3.8, 4) is 5.75 Å². The van der Waals surface area contributed by atoms with Crippen molar-refractivity contribution in [3.63, 3.8) is 0 Å². The molecule has 0 aliphatic rings. The van der Waals surface area contributed by atoms with Crippen LogP contribution in [0, 0.1) is 0 Å². The highest BCUT2D eigenvalue weighted by atomic mass is 16.5. The van der Waals surface area contributed by atoms with Crippen LogP contribution in [0.5, 0.6) is 5.75 Å². The smallest absolute Gasteiger partial charge is 0.247 e. The predicted molar refractivity (Wildman–Crippen MR) is 141 cm³/mol. The van der Waals surface area contributed by atoms with Gasteiger partial charge in [0.05, 0.1) is 13.5 Å². The molecule has 0 heterocycles. The Morgan fingerprint density at radius 1 is 0.722 bits per heavy atom. The van der Waals surface area contributed by atoms with E-state index in [0.717, 1.165) is 28.0 Å². The molecule has 36 heavy (non-hydrogen) atoms. The Bertz CT molecular complexity index is 1240. The molecule has 0 bridgehead atoms. The molecule has 182 valence electrons. The van der Waals surface area contributed by atoms with Gasteiger partial charge in [0.25, 0.3) is 0 Å². The molecule has 0 spiro atoms. The van der Waals surface area contributed by atoms with Crippen molar-refractivity contribution in [2.75, 3.05) is 7.11 Å². The Labute approximate surface area is 212 Å². The summed E-state index contributed by atoms with van der Waals surface area (Å²) >= 11 is 0. The van der Waals surface area contributed by atoms with Crippen LogP contribution in [0.1, 0.15) is 28.3 Å². The number of rotatable bonds is 10. The molecule has 4 aromatic carbocycles. The minimum absolute atomic E-state index is 0.112. The molecule has 0 saturated carbocycles. The van der Waals surface area contributed by atoms with Gasteiger partial charge in [0.2, 0.25) is 11.8 Å². The molecule has 4 rings (SSSR count). The van der Waals surface area contributed by atoms with Crippen molar-refractivity contribution in [1.29, 1.82) is 0 Å². The first-order valence-corrected chi connectivity index (χ1v) is 12.0. The standard InChI is InChI=1S/C31H30N2O3/c1-36-28-19-17-25(18-20-28)22-32-31(35)30(27-15-9-4-10-16-27)33(23-26-13-7-3-8-14-26)29(34)21-24-11-5-2-6-12-24/h2-20,30H,21-23H2,1H3,(H,32,35). The van der Waals surface area contributed by atoms with Gasteiger partial charge in [0, 0.05) is 13.1 Å². The summed E-state index contributed by atoms with van der Waals surface area (Å²) in [5, 5.41) is 3.05. The minimum atomic E-state index is -0.777.